The lowest BCUT2D eigenvalue weighted by atomic mass is 10.7. The minimum absolute atomic E-state index is 0.464. The number of aromatic nitrogens is 2. The Morgan fingerprint density at radius 2 is 2.30 bits per heavy atom. The molecule has 0 saturated heterocycles. The molecule has 0 aliphatic rings. The zero-order valence-electron chi connectivity index (χ0n) is 5.14. The van der Waals surface area contributed by atoms with E-state index in [0.29, 0.717) is 10.3 Å². The van der Waals surface area contributed by atoms with E-state index in [9.17, 15) is 0 Å². The SMILES string of the molecule is CSc1nc(Cl)cc(Br)n1. The highest BCUT2D eigenvalue weighted by Crippen LogP contribution is 2.17. The first kappa shape index (κ1) is 8.30. The first-order chi connectivity index (χ1) is 4.72. The van der Waals surface area contributed by atoms with Crippen LogP contribution >= 0.6 is 39.3 Å². The van der Waals surface area contributed by atoms with Crippen molar-refractivity contribution in [1.82, 2.24) is 9.97 Å². The Balaban J connectivity index is 3.06. The van der Waals surface area contributed by atoms with Crippen LogP contribution in [0.25, 0.3) is 0 Å². The zero-order valence-corrected chi connectivity index (χ0v) is 8.29. The second-order valence-corrected chi connectivity index (χ2v) is 3.47. The van der Waals surface area contributed by atoms with Gasteiger partial charge in [0.2, 0.25) is 0 Å². The molecule has 0 bridgehead atoms. The fraction of sp³-hybridized carbons (Fsp3) is 0.200. The predicted octanol–water partition coefficient (Wildman–Crippen LogP) is 2.61. The third-order valence-electron chi connectivity index (χ3n) is 0.826. The molecule has 0 saturated carbocycles. The Labute approximate surface area is 76.5 Å². The Kier molecular flexibility index (Phi) is 2.95. The maximum Gasteiger partial charge on any atom is 0.189 e. The smallest absolute Gasteiger partial charge is 0.189 e. The summed E-state index contributed by atoms with van der Waals surface area (Å²) < 4.78 is 0.719. The van der Waals surface area contributed by atoms with E-state index in [4.69, 9.17) is 11.6 Å². The van der Waals surface area contributed by atoms with E-state index < -0.39 is 0 Å². The van der Waals surface area contributed by atoms with E-state index in [2.05, 4.69) is 25.9 Å². The van der Waals surface area contributed by atoms with Gasteiger partial charge in [-0.3, -0.25) is 0 Å². The van der Waals surface area contributed by atoms with Gasteiger partial charge in [-0.15, -0.1) is 0 Å². The van der Waals surface area contributed by atoms with Crippen LogP contribution in [0.3, 0.4) is 0 Å². The van der Waals surface area contributed by atoms with Crippen molar-refractivity contribution in [3.05, 3.63) is 15.8 Å². The van der Waals surface area contributed by atoms with Gasteiger partial charge >= 0.3 is 0 Å². The number of hydrogen-bond donors (Lipinski definition) is 0. The average Bonchev–Trinajstić information content (AvgIpc) is 1.85. The second-order valence-electron chi connectivity index (χ2n) is 1.50. The van der Waals surface area contributed by atoms with Gasteiger partial charge < -0.3 is 0 Å². The van der Waals surface area contributed by atoms with Crippen LogP contribution in [-0.4, -0.2) is 16.2 Å². The normalized spacial score (nSPS) is 9.90. The fourth-order valence-corrected chi connectivity index (χ4v) is 1.71. The molecule has 0 unspecified atom stereocenters. The van der Waals surface area contributed by atoms with Gasteiger partial charge in [-0.25, -0.2) is 9.97 Å². The minimum atomic E-state index is 0.464. The van der Waals surface area contributed by atoms with Crippen molar-refractivity contribution in [2.24, 2.45) is 0 Å². The van der Waals surface area contributed by atoms with Crippen LogP contribution in [0.15, 0.2) is 15.8 Å². The first-order valence-electron chi connectivity index (χ1n) is 2.46. The summed E-state index contributed by atoms with van der Waals surface area (Å²) in [5.41, 5.74) is 0. The molecule has 1 aromatic rings. The summed E-state index contributed by atoms with van der Waals surface area (Å²) >= 11 is 10.3. The Morgan fingerprint density at radius 1 is 1.60 bits per heavy atom. The van der Waals surface area contributed by atoms with Crippen molar-refractivity contribution < 1.29 is 0 Å². The van der Waals surface area contributed by atoms with Gasteiger partial charge in [-0.1, -0.05) is 23.4 Å². The maximum atomic E-state index is 5.63. The molecule has 0 aliphatic heterocycles. The first-order valence-corrected chi connectivity index (χ1v) is 4.86. The summed E-state index contributed by atoms with van der Waals surface area (Å²) in [7, 11) is 0. The van der Waals surface area contributed by atoms with E-state index in [1.807, 2.05) is 6.26 Å². The molecule has 54 valence electrons. The van der Waals surface area contributed by atoms with Crippen LogP contribution in [0.4, 0.5) is 0 Å². The topological polar surface area (TPSA) is 25.8 Å². The van der Waals surface area contributed by atoms with Crippen molar-refractivity contribution in [2.75, 3.05) is 6.26 Å². The molecule has 1 aromatic heterocycles. The maximum absolute atomic E-state index is 5.63. The van der Waals surface area contributed by atoms with Crippen LogP contribution in [0, 0.1) is 0 Å². The number of thioether (sulfide) groups is 1. The zero-order chi connectivity index (χ0) is 7.56. The number of hydrogen-bond acceptors (Lipinski definition) is 3. The summed E-state index contributed by atoms with van der Waals surface area (Å²) in [6.07, 6.45) is 1.90. The molecular formula is C5H4BrClN2S. The lowest BCUT2D eigenvalue weighted by Gasteiger charge is -1.95. The van der Waals surface area contributed by atoms with Gasteiger partial charge in [0.05, 0.1) is 0 Å². The van der Waals surface area contributed by atoms with Crippen LogP contribution < -0.4 is 0 Å². The highest BCUT2D eigenvalue weighted by Gasteiger charge is 1.97. The van der Waals surface area contributed by atoms with Crippen molar-refractivity contribution in [1.29, 1.82) is 0 Å². The Bertz CT molecular complexity index is 223. The number of rotatable bonds is 1. The summed E-state index contributed by atoms with van der Waals surface area (Å²) in [5.74, 6) is 0. The van der Waals surface area contributed by atoms with Crippen LogP contribution in [-0.2, 0) is 0 Å². The van der Waals surface area contributed by atoms with Gasteiger partial charge in [0, 0.05) is 6.07 Å². The minimum Gasteiger partial charge on any atom is -0.215 e. The Hall–Kier alpha value is 0.200. The predicted molar refractivity (Wildman–Crippen MR) is 46.5 cm³/mol. The molecule has 1 rings (SSSR count). The summed E-state index contributed by atoms with van der Waals surface area (Å²) in [5, 5.41) is 1.14. The standard InChI is InChI=1S/C5H4BrClN2S/c1-10-5-8-3(6)2-4(7)9-5/h2H,1H3. The molecule has 0 aromatic carbocycles. The van der Waals surface area contributed by atoms with E-state index in [-0.39, 0.29) is 0 Å². The molecule has 0 spiro atoms. The molecular weight excluding hydrogens is 235 g/mol. The third-order valence-corrected chi connectivity index (χ3v) is 1.97. The lowest BCUT2D eigenvalue weighted by Crippen LogP contribution is -1.85. The van der Waals surface area contributed by atoms with E-state index in [0.717, 1.165) is 4.60 Å². The molecule has 10 heavy (non-hydrogen) atoms. The molecule has 1 heterocycles. The molecule has 0 aliphatic carbocycles. The van der Waals surface area contributed by atoms with Crippen LogP contribution in [0.5, 0.6) is 0 Å². The molecule has 0 amide bonds. The van der Waals surface area contributed by atoms with Crippen molar-refractivity contribution >= 4 is 39.3 Å². The monoisotopic (exact) mass is 238 g/mol. The highest BCUT2D eigenvalue weighted by atomic mass is 79.9. The summed E-state index contributed by atoms with van der Waals surface area (Å²) in [6.45, 7) is 0. The molecule has 5 heteroatoms. The van der Waals surface area contributed by atoms with Crippen molar-refractivity contribution in [3.63, 3.8) is 0 Å². The highest BCUT2D eigenvalue weighted by molar-refractivity contribution is 9.10. The van der Waals surface area contributed by atoms with Gasteiger partial charge in [0.15, 0.2) is 5.16 Å². The molecule has 0 N–H and O–H groups in total. The van der Waals surface area contributed by atoms with Gasteiger partial charge in [0.25, 0.3) is 0 Å². The van der Waals surface area contributed by atoms with Crippen molar-refractivity contribution in [2.45, 2.75) is 5.16 Å². The van der Waals surface area contributed by atoms with Crippen LogP contribution in [0.2, 0.25) is 5.15 Å². The average molecular weight is 240 g/mol. The quantitative estimate of drug-likeness (QED) is 0.428. The largest absolute Gasteiger partial charge is 0.215 e. The molecule has 0 radical (unpaired) electrons. The van der Waals surface area contributed by atoms with E-state index in [1.165, 1.54) is 11.8 Å². The lowest BCUT2D eigenvalue weighted by molar-refractivity contribution is 0.952. The fourth-order valence-electron chi connectivity index (χ4n) is 0.462. The molecule has 0 atom stereocenters. The molecule has 0 fully saturated rings. The van der Waals surface area contributed by atoms with Gasteiger partial charge in [-0.2, -0.15) is 0 Å². The van der Waals surface area contributed by atoms with Gasteiger partial charge in [-0.05, 0) is 22.2 Å². The molecule has 2 nitrogen and oxygen atoms in total. The summed E-state index contributed by atoms with van der Waals surface area (Å²) in [4.78, 5) is 7.98. The third kappa shape index (κ3) is 2.11. The summed E-state index contributed by atoms with van der Waals surface area (Å²) in [6, 6.07) is 1.65. The van der Waals surface area contributed by atoms with Gasteiger partial charge in [0.1, 0.15) is 9.76 Å². The van der Waals surface area contributed by atoms with Crippen LogP contribution in [0.1, 0.15) is 0 Å². The Morgan fingerprint density at radius 3 is 2.80 bits per heavy atom. The number of nitrogens with zero attached hydrogens (tertiary/aromatic N) is 2. The number of halogens is 2. The van der Waals surface area contributed by atoms with E-state index in [1.54, 1.807) is 6.07 Å². The van der Waals surface area contributed by atoms with Crippen molar-refractivity contribution in [3.8, 4) is 0 Å². The second kappa shape index (κ2) is 3.55. The van der Waals surface area contributed by atoms with E-state index >= 15 is 0 Å².